The maximum atomic E-state index is 12.8. The van der Waals surface area contributed by atoms with E-state index >= 15 is 0 Å². The number of nitrogens with zero attached hydrogens (tertiary/aromatic N) is 2. The van der Waals surface area contributed by atoms with Crippen molar-refractivity contribution in [1.82, 2.24) is 9.80 Å². The van der Waals surface area contributed by atoms with Gasteiger partial charge in [0, 0.05) is 38.2 Å². The van der Waals surface area contributed by atoms with Crippen LogP contribution in [0.3, 0.4) is 0 Å². The lowest BCUT2D eigenvalue weighted by atomic mass is 9.90. The van der Waals surface area contributed by atoms with Gasteiger partial charge in [0.25, 0.3) is 5.91 Å². The standard InChI is InChI=1S/C20H26N2O4/c1-26-19(24)9-8-18(23)21-10-12-22(13-11-21)20(25)17-7-6-15-4-2-3-5-16(15)14-17/h6-7,14H,2-5,8-13H2,1H3. The summed E-state index contributed by atoms with van der Waals surface area (Å²) in [7, 11) is 1.32. The molecule has 3 rings (SSSR count). The second-order valence-corrected chi connectivity index (χ2v) is 6.94. The third-order valence-corrected chi connectivity index (χ3v) is 5.29. The summed E-state index contributed by atoms with van der Waals surface area (Å²) >= 11 is 0. The Hall–Kier alpha value is -2.37. The summed E-state index contributed by atoms with van der Waals surface area (Å²) in [6.07, 6.45) is 4.84. The van der Waals surface area contributed by atoms with E-state index in [2.05, 4.69) is 10.8 Å². The summed E-state index contributed by atoms with van der Waals surface area (Å²) in [5, 5.41) is 0. The molecule has 1 aliphatic carbocycles. The quantitative estimate of drug-likeness (QED) is 0.770. The fourth-order valence-electron chi connectivity index (χ4n) is 3.68. The number of methoxy groups -OCH3 is 1. The highest BCUT2D eigenvalue weighted by Gasteiger charge is 2.25. The van der Waals surface area contributed by atoms with E-state index in [0.29, 0.717) is 26.2 Å². The maximum absolute atomic E-state index is 12.8. The van der Waals surface area contributed by atoms with Crippen molar-refractivity contribution in [3.05, 3.63) is 34.9 Å². The number of ether oxygens (including phenoxy) is 1. The minimum absolute atomic E-state index is 0.0417. The normalized spacial score (nSPS) is 16.8. The van der Waals surface area contributed by atoms with Gasteiger partial charge in [0.1, 0.15) is 0 Å². The van der Waals surface area contributed by atoms with Crippen LogP contribution in [0.1, 0.15) is 47.2 Å². The summed E-state index contributed by atoms with van der Waals surface area (Å²) in [6.45, 7) is 2.08. The number of aryl methyl sites for hydroxylation is 2. The molecule has 0 saturated carbocycles. The molecule has 0 N–H and O–H groups in total. The van der Waals surface area contributed by atoms with Crippen molar-refractivity contribution in [1.29, 1.82) is 0 Å². The largest absolute Gasteiger partial charge is 0.469 e. The Labute approximate surface area is 154 Å². The van der Waals surface area contributed by atoms with Crippen LogP contribution in [0.5, 0.6) is 0 Å². The van der Waals surface area contributed by atoms with E-state index in [9.17, 15) is 14.4 Å². The molecule has 1 aromatic rings. The molecule has 26 heavy (non-hydrogen) atoms. The van der Waals surface area contributed by atoms with Crippen LogP contribution >= 0.6 is 0 Å². The molecular formula is C20H26N2O4. The Kier molecular flexibility index (Phi) is 5.91. The van der Waals surface area contributed by atoms with Crippen LogP contribution in [-0.2, 0) is 27.2 Å². The maximum Gasteiger partial charge on any atom is 0.306 e. The molecule has 6 heteroatoms. The number of piperazine rings is 1. The Morgan fingerprint density at radius 2 is 1.58 bits per heavy atom. The first-order chi connectivity index (χ1) is 12.6. The molecule has 6 nitrogen and oxygen atoms in total. The predicted molar refractivity (Wildman–Crippen MR) is 96.8 cm³/mol. The molecule has 0 radical (unpaired) electrons. The summed E-state index contributed by atoms with van der Waals surface area (Å²) in [5.41, 5.74) is 3.42. The van der Waals surface area contributed by atoms with Gasteiger partial charge in [-0.3, -0.25) is 14.4 Å². The average molecular weight is 358 g/mol. The summed E-state index contributed by atoms with van der Waals surface area (Å²) < 4.78 is 4.56. The van der Waals surface area contributed by atoms with Gasteiger partial charge < -0.3 is 14.5 Å². The summed E-state index contributed by atoms with van der Waals surface area (Å²) in [6, 6.07) is 6.07. The van der Waals surface area contributed by atoms with Gasteiger partial charge in [-0.2, -0.15) is 0 Å². The van der Waals surface area contributed by atoms with Crippen molar-refractivity contribution in [2.45, 2.75) is 38.5 Å². The van der Waals surface area contributed by atoms with Crippen LogP contribution in [0.2, 0.25) is 0 Å². The first-order valence-corrected chi connectivity index (χ1v) is 9.34. The zero-order valence-electron chi connectivity index (χ0n) is 15.3. The Morgan fingerprint density at radius 1 is 0.923 bits per heavy atom. The molecule has 1 heterocycles. The van der Waals surface area contributed by atoms with E-state index in [0.717, 1.165) is 18.4 Å². The Bertz CT molecular complexity index is 693. The fraction of sp³-hybridized carbons (Fsp3) is 0.550. The lowest BCUT2D eigenvalue weighted by Gasteiger charge is -2.35. The van der Waals surface area contributed by atoms with Crippen LogP contribution in [0.4, 0.5) is 0 Å². The molecular weight excluding hydrogens is 332 g/mol. The molecule has 0 atom stereocenters. The number of fused-ring (bicyclic) bond motifs is 1. The van der Waals surface area contributed by atoms with Gasteiger partial charge in [0.15, 0.2) is 0 Å². The molecule has 2 amide bonds. The Morgan fingerprint density at radius 3 is 2.27 bits per heavy atom. The van der Waals surface area contributed by atoms with E-state index < -0.39 is 0 Å². The first kappa shape index (κ1) is 18.4. The van der Waals surface area contributed by atoms with E-state index in [1.54, 1.807) is 4.90 Å². The van der Waals surface area contributed by atoms with Crippen LogP contribution in [0, 0.1) is 0 Å². The topological polar surface area (TPSA) is 66.9 Å². The van der Waals surface area contributed by atoms with Crippen molar-refractivity contribution >= 4 is 17.8 Å². The molecule has 0 aromatic heterocycles. The molecule has 0 bridgehead atoms. The van der Waals surface area contributed by atoms with Crippen molar-refractivity contribution < 1.29 is 19.1 Å². The highest BCUT2D eigenvalue weighted by atomic mass is 16.5. The monoisotopic (exact) mass is 358 g/mol. The zero-order chi connectivity index (χ0) is 18.5. The van der Waals surface area contributed by atoms with Crippen LogP contribution in [-0.4, -0.2) is 60.9 Å². The number of rotatable bonds is 4. The van der Waals surface area contributed by atoms with Gasteiger partial charge >= 0.3 is 5.97 Å². The first-order valence-electron chi connectivity index (χ1n) is 9.34. The van der Waals surface area contributed by atoms with Crippen LogP contribution in [0.15, 0.2) is 18.2 Å². The predicted octanol–water partition coefficient (Wildman–Crippen LogP) is 1.80. The minimum atomic E-state index is -0.375. The van der Waals surface area contributed by atoms with Crippen molar-refractivity contribution in [2.24, 2.45) is 0 Å². The van der Waals surface area contributed by atoms with E-state index in [1.807, 2.05) is 17.0 Å². The van der Waals surface area contributed by atoms with Crippen molar-refractivity contribution in [2.75, 3.05) is 33.3 Å². The molecule has 140 valence electrons. The number of carbonyl (C=O) groups is 3. The molecule has 0 unspecified atom stereocenters. The third-order valence-electron chi connectivity index (χ3n) is 5.29. The SMILES string of the molecule is COC(=O)CCC(=O)N1CCN(C(=O)c2ccc3c(c2)CCCC3)CC1. The number of benzene rings is 1. The van der Waals surface area contributed by atoms with E-state index in [4.69, 9.17) is 0 Å². The lowest BCUT2D eigenvalue weighted by Crippen LogP contribution is -2.50. The lowest BCUT2D eigenvalue weighted by molar-refractivity contribution is -0.143. The van der Waals surface area contributed by atoms with Crippen molar-refractivity contribution in [3.63, 3.8) is 0 Å². The molecule has 2 aliphatic rings. The molecule has 1 fully saturated rings. The van der Waals surface area contributed by atoms with Gasteiger partial charge in [0.05, 0.1) is 13.5 Å². The zero-order valence-corrected chi connectivity index (χ0v) is 15.3. The highest BCUT2D eigenvalue weighted by molar-refractivity contribution is 5.94. The molecule has 0 spiro atoms. The third kappa shape index (κ3) is 4.23. The summed E-state index contributed by atoms with van der Waals surface area (Å²) in [5.74, 6) is -0.393. The number of amides is 2. The van der Waals surface area contributed by atoms with Gasteiger partial charge in [-0.05, 0) is 48.9 Å². The molecule has 1 aromatic carbocycles. The second-order valence-electron chi connectivity index (χ2n) is 6.94. The smallest absolute Gasteiger partial charge is 0.306 e. The van der Waals surface area contributed by atoms with Crippen LogP contribution in [0.25, 0.3) is 0 Å². The molecule has 1 aliphatic heterocycles. The van der Waals surface area contributed by atoms with Gasteiger partial charge in [-0.15, -0.1) is 0 Å². The van der Waals surface area contributed by atoms with Crippen molar-refractivity contribution in [3.8, 4) is 0 Å². The van der Waals surface area contributed by atoms with Gasteiger partial charge in [-0.1, -0.05) is 6.07 Å². The Balaban J connectivity index is 1.53. The number of carbonyl (C=O) groups excluding carboxylic acids is 3. The second kappa shape index (κ2) is 8.34. The number of hydrogen-bond donors (Lipinski definition) is 0. The summed E-state index contributed by atoms with van der Waals surface area (Å²) in [4.78, 5) is 39.6. The highest BCUT2D eigenvalue weighted by Crippen LogP contribution is 2.23. The van der Waals surface area contributed by atoms with Crippen LogP contribution < -0.4 is 0 Å². The fourth-order valence-corrected chi connectivity index (χ4v) is 3.68. The number of hydrogen-bond acceptors (Lipinski definition) is 4. The number of esters is 1. The van der Waals surface area contributed by atoms with Gasteiger partial charge in [0.2, 0.25) is 5.91 Å². The van der Waals surface area contributed by atoms with E-state index in [1.165, 1.54) is 31.1 Å². The van der Waals surface area contributed by atoms with Gasteiger partial charge in [-0.25, -0.2) is 0 Å². The average Bonchev–Trinajstić information content (AvgIpc) is 2.70. The molecule has 1 saturated heterocycles. The van der Waals surface area contributed by atoms with E-state index in [-0.39, 0.29) is 30.6 Å². The minimum Gasteiger partial charge on any atom is -0.469 e.